The molecule has 0 radical (unpaired) electrons. The number of carbonyl (C=O) groups excluding carboxylic acids is 1. The van der Waals surface area contributed by atoms with Gasteiger partial charge in [0.05, 0.1) is 22.6 Å². The average molecular weight is 474 g/mol. The van der Waals surface area contributed by atoms with Crippen LogP contribution in [0, 0.1) is 5.82 Å². The average Bonchev–Trinajstić information content (AvgIpc) is 2.68. The lowest BCUT2D eigenvalue weighted by Crippen LogP contribution is -2.51. The van der Waals surface area contributed by atoms with E-state index in [9.17, 15) is 17.6 Å². The standard InChI is InChI=1S/C20H22Cl2FN3O3S/c1-14(15-5-7-16(23)8-6-15)24-19(27)13-25-9-11-26(12-10-25)30(28,29)20-17(21)3-2-4-18(20)22/h2-8,14H,9-13H2,1H3,(H,24,27). The van der Waals surface area contributed by atoms with Crippen molar-refractivity contribution in [2.24, 2.45) is 0 Å². The zero-order chi connectivity index (χ0) is 21.9. The smallest absolute Gasteiger partial charge is 0.246 e. The van der Waals surface area contributed by atoms with Crippen LogP contribution in [-0.4, -0.2) is 56.3 Å². The Bertz CT molecular complexity index is 990. The first-order valence-corrected chi connectivity index (χ1v) is 11.6. The first-order chi connectivity index (χ1) is 14.2. The number of sulfonamides is 1. The molecule has 0 aromatic heterocycles. The summed E-state index contributed by atoms with van der Waals surface area (Å²) in [4.78, 5) is 14.1. The molecule has 1 amide bonds. The Kier molecular flexibility index (Phi) is 7.36. The summed E-state index contributed by atoms with van der Waals surface area (Å²) >= 11 is 12.1. The van der Waals surface area contributed by atoms with E-state index in [1.807, 2.05) is 11.8 Å². The van der Waals surface area contributed by atoms with Crippen molar-refractivity contribution in [1.82, 2.24) is 14.5 Å². The molecule has 1 atom stereocenters. The SMILES string of the molecule is CC(NC(=O)CN1CCN(S(=O)(=O)c2c(Cl)cccc2Cl)CC1)c1ccc(F)cc1. The van der Waals surface area contributed by atoms with Gasteiger partial charge in [0, 0.05) is 26.2 Å². The molecule has 162 valence electrons. The molecule has 30 heavy (non-hydrogen) atoms. The minimum Gasteiger partial charge on any atom is -0.348 e. The van der Waals surface area contributed by atoms with E-state index in [1.165, 1.54) is 28.6 Å². The molecule has 1 unspecified atom stereocenters. The van der Waals surface area contributed by atoms with Crippen LogP contribution < -0.4 is 5.32 Å². The quantitative estimate of drug-likeness (QED) is 0.698. The predicted molar refractivity (Wildman–Crippen MR) is 115 cm³/mol. The second-order valence-electron chi connectivity index (χ2n) is 7.07. The number of nitrogens with zero attached hydrogens (tertiary/aromatic N) is 2. The summed E-state index contributed by atoms with van der Waals surface area (Å²) in [6.45, 7) is 3.23. The molecular formula is C20H22Cl2FN3O3S. The molecular weight excluding hydrogens is 452 g/mol. The van der Waals surface area contributed by atoms with Crippen molar-refractivity contribution >= 4 is 39.1 Å². The topological polar surface area (TPSA) is 69.7 Å². The van der Waals surface area contributed by atoms with Crippen molar-refractivity contribution < 1.29 is 17.6 Å². The third-order valence-electron chi connectivity index (χ3n) is 4.96. The molecule has 1 N–H and O–H groups in total. The van der Waals surface area contributed by atoms with E-state index >= 15 is 0 Å². The van der Waals surface area contributed by atoms with Gasteiger partial charge in [-0.05, 0) is 36.8 Å². The highest BCUT2D eigenvalue weighted by Crippen LogP contribution is 2.31. The van der Waals surface area contributed by atoms with Gasteiger partial charge >= 0.3 is 0 Å². The van der Waals surface area contributed by atoms with Crippen LogP contribution in [-0.2, 0) is 14.8 Å². The maximum atomic E-state index is 13.0. The van der Waals surface area contributed by atoms with Crippen LogP contribution in [0.3, 0.4) is 0 Å². The lowest BCUT2D eigenvalue weighted by Gasteiger charge is -2.34. The van der Waals surface area contributed by atoms with E-state index in [0.29, 0.717) is 13.1 Å². The molecule has 2 aromatic carbocycles. The molecule has 1 fully saturated rings. The normalized spacial score (nSPS) is 16.9. The van der Waals surface area contributed by atoms with Gasteiger partial charge in [0.15, 0.2) is 0 Å². The molecule has 0 bridgehead atoms. The Morgan fingerprint density at radius 2 is 1.63 bits per heavy atom. The largest absolute Gasteiger partial charge is 0.348 e. The number of hydrogen-bond donors (Lipinski definition) is 1. The monoisotopic (exact) mass is 473 g/mol. The van der Waals surface area contributed by atoms with Gasteiger partial charge in [-0.25, -0.2) is 12.8 Å². The van der Waals surface area contributed by atoms with Gasteiger partial charge in [-0.3, -0.25) is 9.69 Å². The van der Waals surface area contributed by atoms with Crippen molar-refractivity contribution in [2.75, 3.05) is 32.7 Å². The third-order valence-corrected chi connectivity index (χ3v) is 7.82. The Balaban J connectivity index is 1.55. The first kappa shape index (κ1) is 23.0. The zero-order valence-electron chi connectivity index (χ0n) is 16.3. The second kappa shape index (κ2) is 9.62. The highest BCUT2D eigenvalue weighted by molar-refractivity contribution is 7.89. The lowest BCUT2D eigenvalue weighted by molar-refractivity contribution is -0.123. The number of hydrogen-bond acceptors (Lipinski definition) is 4. The van der Waals surface area contributed by atoms with Crippen LogP contribution in [0.2, 0.25) is 10.0 Å². The van der Waals surface area contributed by atoms with Crippen molar-refractivity contribution in [3.63, 3.8) is 0 Å². The van der Waals surface area contributed by atoms with Crippen LogP contribution in [0.15, 0.2) is 47.4 Å². The molecule has 1 aliphatic heterocycles. The second-order valence-corrected chi connectivity index (χ2v) is 9.76. The molecule has 6 nitrogen and oxygen atoms in total. The summed E-state index contributed by atoms with van der Waals surface area (Å²) in [5, 5.41) is 3.04. The molecule has 0 aliphatic carbocycles. The first-order valence-electron chi connectivity index (χ1n) is 9.40. The Hall–Kier alpha value is -1.71. The summed E-state index contributed by atoms with van der Waals surface area (Å²) < 4.78 is 40.2. The maximum absolute atomic E-state index is 13.0. The van der Waals surface area contributed by atoms with Gasteiger partial charge < -0.3 is 5.32 Å². The molecule has 1 heterocycles. The van der Waals surface area contributed by atoms with Crippen LogP contribution in [0.1, 0.15) is 18.5 Å². The van der Waals surface area contributed by atoms with Crippen molar-refractivity contribution in [2.45, 2.75) is 17.9 Å². The van der Waals surface area contributed by atoms with E-state index in [4.69, 9.17) is 23.2 Å². The highest BCUT2D eigenvalue weighted by Gasteiger charge is 2.32. The fraction of sp³-hybridized carbons (Fsp3) is 0.350. The minimum atomic E-state index is -3.82. The zero-order valence-corrected chi connectivity index (χ0v) is 18.6. The number of halogens is 3. The van der Waals surface area contributed by atoms with Crippen LogP contribution in [0.4, 0.5) is 4.39 Å². The molecule has 1 saturated heterocycles. The molecule has 3 rings (SSSR count). The number of piperazine rings is 1. The van der Waals surface area contributed by atoms with E-state index in [1.54, 1.807) is 18.2 Å². The third kappa shape index (κ3) is 5.31. The van der Waals surface area contributed by atoms with Crippen LogP contribution in [0.5, 0.6) is 0 Å². The molecule has 2 aromatic rings. The molecule has 0 spiro atoms. The van der Waals surface area contributed by atoms with Gasteiger partial charge in [-0.1, -0.05) is 41.4 Å². The number of benzene rings is 2. The Labute approximate surface area is 185 Å². The summed E-state index contributed by atoms with van der Waals surface area (Å²) in [7, 11) is -3.82. The summed E-state index contributed by atoms with van der Waals surface area (Å²) in [5.74, 6) is -0.513. The van der Waals surface area contributed by atoms with Crippen LogP contribution >= 0.6 is 23.2 Å². The van der Waals surface area contributed by atoms with E-state index in [0.717, 1.165) is 5.56 Å². The van der Waals surface area contributed by atoms with Crippen molar-refractivity contribution in [3.8, 4) is 0 Å². The Morgan fingerprint density at radius 1 is 1.07 bits per heavy atom. The maximum Gasteiger partial charge on any atom is 0.246 e. The Morgan fingerprint density at radius 3 is 2.20 bits per heavy atom. The van der Waals surface area contributed by atoms with E-state index in [2.05, 4.69) is 5.32 Å². The van der Waals surface area contributed by atoms with Gasteiger partial charge in [-0.2, -0.15) is 4.31 Å². The molecule has 0 saturated carbocycles. The fourth-order valence-electron chi connectivity index (χ4n) is 3.31. The van der Waals surface area contributed by atoms with Gasteiger partial charge in [0.1, 0.15) is 10.7 Å². The highest BCUT2D eigenvalue weighted by atomic mass is 35.5. The number of amides is 1. The van der Waals surface area contributed by atoms with E-state index in [-0.39, 0.29) is 52.3 Å². The summed E-state index contributed by atoms with van der Waals surface area (Å²) in [6, 6.07) is 10.3. The predicted octanol–water partition coefficient (Wildman–Crippen LogP) is 3.32. The fourth-order valence-corrected chi connectivity index (χ4v) is 5.82. The number of nitrogens with one attached hydrogen (secondary N) is 1. The van der Waals surface area contributed by atoms with Gasteiger partial charge in [0.2, 0.25) is 15.9 Å². The summed E-state index contributed by atoms with van der Waals surface area (Å²) in [6.07, 6.45) is 0. The van der Waals surface area contributed by atoms with Crippen LogP contribution in [0.25, 0.3) is 0 Å². The lowest BCUT2D eigenvalue weighted by atomic mass is 10.1. The summed E-state index contributed by atoms with van der Waals surface area (Å²) in [5.41, 5.74) is 0.803. The van der Waals surface area contributed by atoms with Crippen molar-refractivity contribution in [1.29, 1.82) is 0 Å². The van der Waals surface area contributed by atoms with Crippen molar-refractivity contribution in [3.05, 3.63) is 63.9 Å². The van der Waals surface area contributed by atoms with Gasteiger partial charge in [-0.15, -0.1) is 0 Å². The number of rotatable bonds is 6. The van der Waals surface area contributed by atoms with Gasteiger partial charge in [0.25, 0.3) is 0 Å². The number of carbonyl (C=O) groups is 1. The minimum absolute atomic E-state index is 0.0825. The van der Waals surface area contributed by atoms with E-state index < -0.39 is 10.0 Å². The molecule has 10 heteroatoms. The molecule has 1 aliphatic rings.